The SMILES string of the molecule is NC(=O)Nc1cccc(NC2CCCc3sc(Cl)cc32)c1. The van der Waals surface area contributed by atoms with Crippen LogP contribution in [0.25, 0.3) is 0 Å². The molecule has 0 aliphatic heterocycles. The average Bonchev–Trinajstić information content (AvgIpc) is 2.80. The summed E-state index contributed by atoms with van der Waals surface area (Å²) in [6.07, 6.45) is 3.34. The number of hydrogen-bond acceptors (Lipinski definition) is 3. The van der Waals surface area contributed by atoms with E-state index in [0.29, 0.717) is 5.69 Å². The van der Waals surface area contributed by atoms with E-state index in [-0.39, 0.29) is 6.04 Å². The number of amides is 2. The zero-order valence-corrected chi connectivity index (χ0v) is 12.9. The van der Waals surface area contributed by atoms with Gasteiger partial charge in [0.1, 0.15) is 0 Å². The van der Waals surface area contributed by atoms with Crippen LogP contribution in [0, 0.1) is 0 Å². The molecular weight excluding hydrogens is 306 g/mol. The van der Waals surface area contributed by atoms with E-state index < -0.39 is 6.03 Å². The van der Waals surface area contributed by atoms with Crippen LogP contribution in [0.1, 0.15) is 29.3 Å². The summed E-state index contributed by atoms with van der Waals surface area (Å²) in [5.74, 6) is 0. The van der Waals surface area contributed by atoms with Gasteiger partial charge in [0.25, 0.3) is 0 Å². The summed E-state index contributed by atoms with van der Waals surface area (Å²) >= 11 is 7.80. The molecule has 1 unspecified atom stereocenters. The number of anilines is 2. The molecule has 4 nitrogen and oxygen atoms in total. The minimum atomic E-state index is -0.559. The first kappa shape index (κ1) is 14.2. The van der Waals surface area contributed by atoms with Crippen LogP contribution in [-0.2, 0) is 6.42 Å². The lowest BCUT2D eigenvalue weighted by molar-refractivity contribution is 0.259. The van der Waals surface area contributed by atoms with E-state index in [0.717, 1.165) is 29.3 Å². The van der Waals surface area contributed by atoms with Crippen molar-refractivity contribution in [1.82, 2.24) is 0 Å². The molecule has 1 aromatic heterocycles. The lowest BCUT2D eigenvalue weighted by Gasteiger charge is -2.24. The van der Waals surface area contributed by atoms with Crippen LogP contribution in [-0.4, -0.2) is 6.03 Å². The number of nitrogens with two attached hydrogens (primary N) is 1. The number of primary amides is 1. The Bertz CT molecular complexity index is 671. The molecule has 1 atom stereocenters. The number of halogens is 1. The zero-order chi connectivity index (χ0) is 14.8. The molecule has 3 rings (SSSR count). The number of aryl methyl sites for hydroxylation is 1. The number of thiophene rings is 1. The topological polar surface area (TPSA) is 67.2 Å². The molecule has 1 aromatic carbocycles. The van der Waals surface area contributed by atoms with Crippen LogP contribution >= 0.6 is 22.9 Å². The van der Waals surface area contributed by atoms with Gasteiger partial charge in [-0.05, 0) is 49.1 Å². The summed E-state index contributed by atoms with van der Waals surface area (Å²) in [7, 11) is 0. The number of nitrogens with one attached hydrogen (secondary N) is 2. The Morgan fingerprint density at radius 1 is 1.33 bits per heavy atom. The molecule has 2 amide bonds. The fourth-order valence-corrected chi connectivity index (χ4v) is 4.09. The van der Waals surface area contributed by atoms with E-state index in [1.165, 1.54) is 10.4 Å². The second-order valence-corrected chi connectivity index (χ2v) is 6.86. The Hall–Kier alpha value is -1.72. The van der Waals surface area contributed by atoms with Gasteiger partial charge in [0.2, 0.25) is 0 Å². The van der Waals surface area contributed by atoms with Crippen molar-refractivity contribution in [3.8, 4) is 0 Å². The van der Waals surface area contributed by atoms with Crippen LogP contribution in [0.4, 0.5) is 16.2 Å². The molecule has 0 saturated heterocycles. The molecule has 1 aliphatic rings. The number of hydrogen-bond donors (Lipinski definition) is 3. The van der Waals surface area contributed by atoms with Gasteiger partial charge in [-0.3, -0.25) is 0 Å². The van der Waals surface area contributed by atoms with Crippen LogP contribution in [0.15, 0.2) is 30.3 Å². The highest BCUT2D eigenvalue weighted by Gasteiger charge is 2.22. The molecular formula is C15H16ClN3OS. The van der Waals surface area contributed by atoms with Crippen molar-refractivity contribution < 1.29 is 4.79 Å². The van der Waals surface area contributed by atoms with E-state index in [2.05, 4.69) is 16.7 Å². The predicted molar refractivity (Wildman–Crippen MR) is 88.3 cm³/mol. The molecule has 0 bridgehead atoms. The summed E-state index contributed by atoms with van der Waals surface area (Å²) < 4.78 is 0.845. The van der Waals surface area contributed by atoms with Crippen molar-refractivity contribution in [2.24, 2.45) is 5.73 Å². The fourth-order valence-electron chi connectivity index (χ4n) is 2.70. The minimum absolute atomic E-state index is 0.265. The van der Waals surface area contributed by atoms with E-state index >= 15 is 0 Å². The quantitative estimate of drug-likeness (QED) is 0.785. The maximum absolute atomic E-state index is 10.9. The third-order valence-electron chi connectivity index (χ3n) is 3.55. The first-order chi connectivity index (χ1) is 10.1. The molecule has 110 valence electrons. The molecule has 0 radical (unpaired) electrons. The third-order valence-corrected chi connectivity index (χ3v) is 4.89. The van der Waals surface area contributed by atoms with Crippen molar-refractivity contribution in [1.29, 1.82) is 0 Å². The van der Waals surface area contributed by atoms with Crippen LogP contribution in [0.5, 0.6) is 0 Å². The first-order valence-electron chi connectivity index (χ1n) is 6.83. The van der Waals surface area contributed by atoms with Crippen molar-refractivity contribution in [3.63, 3.8) is 0 Å². The summed E-state index contributed by atoms with van der Waals surface area (Å²) in [5.41, 5.74) is 8.08. The minimum Gasteiger partial charge on any atom is -0.378 e. The number of fused-ring (bicyclic) bond motifs is 1. The highest BCUT2D eigenvalue weighted by atomic mass is 35.5. The van der Waals surface area contributed by atoms with E-state index in [4.69, 9.17) is 17.3 Å². The number of rotatable bonds is 3. The lowest BCUT2D eigenvalue weighted by atomic mass is 9.94. The van der Waals surface area contributed by atoms with Gasteiger partial charge in [-0.2, -0.15) is 0 Å². The van der Waals surface area contributed by atoms with Gasteiger partial charge in [0.15, 0.2) is 0 Å². The molecule has 0 saturated carbocycles. The molecule has 2 aromatic rings. The maximum Gasteiger partial charge on any atom is 0.316 e. The van der Waals surface area contributed by atoms with Gasteiger partial charge in [0, 0.05) is 16.3 Å². The van der Waals surface area contributed by atoms with Crippen molar-refractivity contribution in [2.45, 2.75) is 25.3 Å². The van der Waals surface area contributed by atoms with Gasteiger partial charge in [-0.25, -0.2) is 4.79 Å². The Morgan fingerprint density at radius 2 is 2.14 bits per heavy atom. The van der Waals surface area contributed by atoms with Gasteiger partial charge >= 0.3 is 6.03 Å². The van der Waals surface area contributed by atoms with Gasteiger partial charge in [0.05, 0.1) is 10.4 Å². The van der Waals surface area contributed by atoms with E-state index in [1.54, 1.807) is 11.3 Å². The first-order valence-corrected chi connectivity index (χ1v) is 8.02. The summed E-state index contributed by atoms with van der Waals surface area (Å²) in [4.78, 5) is 12.3. The Labute approximate surface area is 132 Å². The molecule has 6 heteroatoms. The summed E-state index contributed by atoms with van der Waals surface area (Å²) in [6.45, 7) is 0. The van der Waals surface area contributed by atoms with E-state index in [1.807, 2.05) is 24.3 Å². The van der Waals surface area contributed by atoms with E-state index in [9.17, 15) is 4.79 Å². The Kier molecular flexibility index (Phi) is 4.03. The number of urea groups is 1. The monoisotopic (exact) mass is 321 g/mol. The highest BCUT2D eigenvalue weighted by molar-refractivity contribution is 7.16. The van der Waals surface area contributed by atoms with Crippen LogP contribution in [0.3, 0.4) is 0 Å². The van der Waals surface area contributed by atoms with Gasteiger partial charge < -0.3 is 16.4 Å². The molecule has 0 fully saturated rings. The second-order valence-electron chi connectivity index (χ2n) is 5.09. The molecule has 21 heavy (non-hydrogen) atoms. The normalized spacial score (nSPS) is 17.1. The van der Waals surface area contributed by atoms with Crippen LogP contribution < -0.4 is 16.4 Å². The standard InChI is InChI=1S/C15H16ClN3OS/c16-14-8-11-12(5-2-6-13(11)21-14)18-9-3-1-4-10(7-9)19-15(17)20/h1,3-4,7-8,12,18H,2,5-6H2,(H3,17,19,20). The summed E-state index contributed by atoms with van der Waals surface area (Å²) in [6, 6.07) is 9.32. The lowest BCUT2D eigenvalue weighted by Crippen LogP contribution is -2.19. The van der Waals surface area contributed by atoms with Crippen molar-refractivity contribution >= 4 is 40.3 Å². The van der Waals surface area contributed by atoms with Gasteiger partial charge in [-0.1, -0.05) is 17.7 Å². The molecule has 4 N–H and O–H groups in total. The second kappa shape index (κ2) is 5.95. The number of benzene rings is 1. The molecule has 1 aliphatic carbocycles. The van der Waals surface area contributed by atoms with Crippen LogP contribution in [0.2, 0.25) is 4.34 Å². The molecule has 0 spiro atoms. The fraction of sp³-hybridized carbons (Fsp3) is 0.267. The predicted octanol–water partition coefficient (Wildman–Crippen LogP) is 4.38. The molecule has 1 heterocycles. The Morgan fingerprint density at radius 3 is 2.95 bits per heavy atom. The third kappa shape index (κ3) is 3.31. The number of carbonyl (C=O) groups is 1. The highest BCUT2D eigenvalue weighted by Crippen LogP contribution is 2.39. The smallest absolute Gasteiger partial charge is 0.316 e. The average molecular weight is 322 g/mol. The largest absolute Gasteiger partial charge is 0.378 e. The number of carbonyl (C=O) groups excluding carboxylic acids is 1. The Balaban J connectivity index is 1.79. The zero-order valence-electron chi connectivity index (χ0n) is 11.4. The van der Waals surface area contributed by atoms with Crippen molar-refractivity contribution in [3.05, 3.63) is 45.1 Å². The maximum atomic E-state index is 10.9. The van der Waals surface area contributed by atoms with Crippen molar-refractivity contribution in [2.75, 3.05) is 10.6 Å². The summed E-state index contributed by atoms with van der Waals surface area (Å²) in [5, 5.41) is 6.11. The van der Waals surface area contributed by atoms with Gasteiger partial charge in [-0.15, -0.1) is 11.3 Å².